The summed E-state index contributed by atoms with van der Waals surface area (Å²) >= 11 is 0. The van der Waals surface area contributed by atoms with Gasteiger partial charge in [-0.15, -0.1) is 0 Å². The molecule has 0 spiro atoms. The van der Waals surface area contributed by atoms with E-state index in [4.69, 9.17) is 14.2 Å². The van der Waals surface area contributed by atoms with Crippen LogP contribution >= 0.6 is 0 Å². The first-order valence-electron chi connectivity index (χ1n) is 10.5. The van der Waals surface area contributed by atoms with E-state index in [0.29, 0.717) is 22.8 Å². The molecule has 1 N–H and O–H groups in total. The molecule has 0 saturated carbocycles. The zero-order chi connectivity index (χ0) is 23.8. The maximum Gasteiger partial charge on any atom is 0.419 e. The molecule has 0 heterocycles. The summed E-state index contributed by atoms with van der Waals surface area (Å²) in [4.78, 5) is 26.6. The van der Waals surface area contributed by atoms with Crippen molar-refractivity contribution in [2.45, 2.75) is 33.0 Å². The van der Waals surface area contributed by atoms with Crippen LogP contribution in [0, 0.1) is 0 Å². The van der Waals surface area contributed by atoms with Gasteiger partial charge in [0.2, 0.25) is 0 Å². The Morgan fingerprint density at radius 3 is 1.97 bits per heavy atom. The van der Waals surface area contributed by atoms with Crippen molar-refractivity contribution in [3.05, 3.63) is 84.4 Å². The second-order valence-corrected chi connectivity index (χ2v) is 8.25. The molecule has 33 heavy (non-hydrogen) atoms. The fourth-order valence-corrected chi connectivity index (χ4v) is 2.97. The van der Waals surface area contributed by atoms with Crippen LogP contribution in [0.1, 0.15) is 26.3 Å². The maximum atomic E-state index is 13.0. The Morgan fingerprint density at radius 2 is 1.42 bits per heavy atom. The Balaban J connectivity index is 1.74. The van der Waals surface area contributed by atoms with Crippen molar-refractivity contribution < 1.29 is 23.8 Å². The van der Waals surface area contributed by atoms with Crippen molar-refractivity contribution in [1.82, 2.24) is 0 Å². The average molecular weight is 449 g/mol. The largest absolute Gasteiger partial charge is 0.497 e. The van der Waals surface area contributed by atoms with Gasteiger partial charge in [-0.3, -0.25) is 5.32 Å². The quantitative estimate of drug-likeness (QED) is 0.465. The number of carbonyl (C=O) groups is 2. The fourth-order valence-electron chi connectivity index (χ4n) is 2.97. The number of nitrogens with one attached hydrogen (secondary N) is 1. The van der Waals surface area contributed by atoms with E-state index in [1.165, 1.54) is 4.90 Å². The number of methoxy groups -OCH3 is 1. The number of nitrogens with zero attached hydrogens (tertiary/aromatic N) is 1. The van der Waals surface area contributed by atoms with Gasteiger partial charge >= 0.3 is 12.2 Å². The van der Waals surface area contributed by atoms with E-state index in [2.05, 4.69) is 5.32 Å². The Bertz CT molecular complexity index is 1060. The normalized spacial score (nSPS) is 10.8. The Labute approximate surface area is 193 Å². The highest BCUT2D eigenvalue weighted by Gasteiger charge is 2.25. The van der Waals surface area contributed by atoms with Gasteiger partial charge in [0, 0.05) is 5.69 Å². The Hall–Kier alpha value is -4.00. The SMILES string of the molecule is COc1ccc(N(C(=O)OC(C)(C)C)c2ccc(NC(=O)OCc3ccccc3)cc2)cc1. The molecule has 0 saturated heterocycles. The van der Waals surface area contributed by atoms with E-state index in [0.717, 1.165) is 5.56 Å². The molecule has 7 nitrogen and oxygen atoms in total. The van der Waals surface area contributed by atoms with Gasteiger partial charge < -0.3 is 14.2 Å². The lowest BCUT2D eigenvalue weighted by atomic mass is 10.2. The summed E-state index contributed by atoms with van der Waals surface area (Å²) in [7, 11) is 1.58. The number of benzene rings is 3. The predicted octanol–water partition coefficient (Wildman–Crippen LogP) is 6.52. The van der Waals surface area contributed by atoms with Crippen LogP contribution in [0.5, 0.6) is 5.75 Å². The van der Waals surface area contributed by atoms with Crippen LogP contribution in [0.3, 0.4) is 0 Å². The van der Waals surface area contributed by atoms with E-state index in [-0.39, 0.29) is 6.61 Å². The molecule has 0 atom stereocenters. The molecule has 0 aromatic heterocycles. The summed E-state index contributed by atoms with van der Waals surface area (Å²) in [5.41, 5.74) is 1.98. The van der Waals surface area contributed by atoms with E-state index in [1.54, 1.807) is 55.6 Å². The molecule has 172 valence electrons. The minimum absolute atomic E-state index is 0.175. The summed E-state index contributed by atoms with van der Waals surface area (Å²) < 4.78 is 16.1. The average Bonchev–Trinajstić information content (AvgIpc) is 2.79. The second kappa shape index (κ2) is 10.5. The van der Waals surface area contributed by atoms with Crippen LogP contribution in [-0.4, -0.2) is 24.9 Å². The van der Waals surface area contributed by atoms with Crippen LogP contribution in [0.2, 0.25) is 0 Å². The van der Waals surface area contributed by atoms with E-state index >= 15 is 0 Å². The van der Waals surface area contributed by atoms with Crippen molar-refractivity contribution >= 4 is 29.2 Å². The Morgan fingerprint density at radius 1 is 0.848 bits per heavy atom. The summed E-state index contributed by atoms with van der Waals surface area (Å²) in [5.74, 6) is 0.677. The number of hydrogen-bond donors (Lipinski definition) is 1. The number of carbonyl (C=O) groups excluding carboxylic acids is 2. The molecule has 3 aromatic carbocycles. The van der Waals surface area contributed by atoms with Crippen molar-refractivity contribution in [2.75, 3.05) is 17.3 Å². The molecule has 3 aromatic rings. The summed E-state index contributed by atoms with van der Waals surface area (Å²) in [6.45, 7) is 5.61. The van der Waals surface area contributed by atoms with Crippen molar-refractivity contribution in [3.63, 3.8) is 0 Å². The summed E-state index contributed by atoms with van der Waals surface area (Å²) in [6, 6.07) is 23.4. The first kappa shape index (κ1) is 23.7. The molecule has 7 heteroatoms. The maximum absolute atomic E-state index is 13.0. The summed E-state index contributed by atoms with van der Waals surface area (Å²) in [5, 5.41) is 2.69. The van der Waals surface area contributed by atoms with Gasteiger partial charge in [-0.2, -0.15) is 0 Å². The third-order valence-electron chi connectivity index (χ3n) is 4.49. The lowest BCUT2D eigenvalue weighted by molar-refractivity contribution is 0.0599. The van der Waals surface area contributed by atoms with Crippen LogP contribution < -0.4 is 15.0 Å². The minimum atomic E-state index is -0.661. The van der Waals surface area contributed by atoms with Gasteiger partial charge in [0.05, 0.1) is 18.5 Å². The van der Waals surface area contributed by atoms with Gasteiger partial charge in [-0.25, -0.2) is 14.5 Å². The first-order valence-corrected chi connectivity index (χ1v) is 10.5. The molecule has 0 radical (unpaired) electrons. The number of ether oxygens (including phenoxy) is 3. The van der Waals surface area contributed by atoms with Crippen molar-refractivity contribution in [1.29, 1.82) is 0 Å². The lowest BCUT2D eigenvalue weighted by Crippen LogP contribution is -2.33. The van der Waals surface area contributed by atoms with Crippen molar-refractivity contribution in [3.8, 4) is 5.75 Å². The highest BCUT2D eigenvalue weighted by molar-refractivity contribution is 5.96. The fraction of sp³-hybridized carbons (Fsp3) is 0.231. The van der Waals surface area contributed by atoms with Gasteiger partial charge in [0.25, 0.3) is 0 Å². The summed E-state index contributed by atoms with van der Waals surface area (Å²) in [6.07, 6.45) is -1.08. The molecular weight excluding hydrogens is 420 g/mol. The van der Waals surface area contributed by atoms with Gasteiger partial charge in [0.15, 0.2) is 0 Å². The highest BCUT2D eigenvalue weighted by atomic mass is 16.6. The van der Waals surface area contributed by atoms with Crippen LogP contribution in [0.25, 0.3) is 0 Å². The van der Waals surface area contributed by atoms with Crippen LogP contribution in [-0.2, 0) is 16.1 Å². The van der Waals surface area contributed by atoms with Crippen LogP contribution in [0.4, 0.5) is 26.7 Å². The molecule has 2 amide bonds. The monoisotopic (exact) mass is 448 g/mol. The third kappa shape index (κ3) is 7.00. The number of anilines is 3. The van der Waals surface area contributed by atoms with E-state index in [1.807, 2.05) is 51.1 Å². The van der Waals surface area contributed by atoms with E-state index in [9.17, 15) is 9.59 Å². The second-order valence-electron chi connectivity index (χ2n) is 8.25. The van der Waals surface area contributed by atoms with Gasteiger partial charge in [-0.1, -0.05) is 30.3 Å². The molecule has 0 aliphatic heterocycles. The number of amides is 2. The zero-order valence-corrected chi connectivity index (χ0v) is 19.2. The number of rotatable bonds is 6. The smallest absolute Gasteiger partial charge is 0.419 e. The molecule has 0 aliphatic carbocycles. The standard InChI is InChI=1S/C26H28N2O5/c1-26(2,3)33-25(30)28(22-14-16-23(31-4)17-15-22)21-12-10-20(11-13-21)27-24(29)32-18-19-8-6-5-7-9-19/h5-17H,18H2,1-4H3,(H,27,29). The predicted molar refractivity (Wildman–Crippen MR) is 128 cm³/mol. The van der Waals surface area contributed by atoms with Gasteiger partial charge in [-0.05, 0) is 74.9 Å². The topological polar surface area (TPSA) is 77.1 Å². The third-order valence-corrected chi connectivity index (χ3v) is 4.49. The van der Waals surface area contributed by atoms with Crippen molar-refractivity contribution in [2.24, 2.45) is 0 Å². The molecule has 0 bridgehead atoms. The molecular formula is C26H28N2O5. The van der Waals surface area contributed by atoms with E-state index < -0.39 is 17.8 Å². The lowest BCUT2D eigenvalue weighted by Gasteiger charge is -2.27. The highest BCUT2D eigenvalue weighted by Crippen LogP contribution is 2.30. The molecule has 3 rings (SSSR count). The van der Waals surface area contributed by atoms with Crippen LogP contribution in [0.15, 0.2) is 78.9 Å². The molecule has 0 fully saturated rings. The number of hydrogen-bond acceptors (Lipinski definition) is 5. The molecule has 0 aliphatic rings. The molecule has 0 unspecified atom stereocenters. The Kier molecular flexibility index (Phi) is 7.56. The zero-order valence-electron chi connectivity index (χ0n) is 19.2. The minimum Gasteiger partial charge on any atom is -0.497 e. The van der Waals surface area contributed by atoms with Gasteiger partial charge in [0.1, 0.15) is 18.0 Å². The first-order chi connectivity index (χ1) is 15.7.